The van der Waals surface area contributed by atoms with Gasteiger partial charge in [-0.25, -0.2) is 0 Å². The van der Waals surface area contributed by atoms with Crippen molar-refractivity contribution in [3.63, 3.8) is 0 Å². The van der Waals surface area contributed by atoms with Crippen LogP contribution in [0.2, 0.25) is 0 Å². The molecular weight excluding hydrogens is 352 g/mol. The van der Waals surface area contributed by atoms with Crippen LogP contribution in [0, 0.1) is 35.0 Å². The van der Waals surface area contributed by atoms with Crippen molar-refractivity contribution < 1.29 is 14.7 Å². The number of carbonyl (C=O) groups excluding carboxylic acids is 2. The average molecular weight is 393 g/mol. The van der Waals surface area contributed by atoms with Crippen LogP contribution >= 0.6 is 0 Å². The van der Waals surface area contributed by atoms with Crippen molar-refractivity contribution in [1.29, 1.82) is 0 Å². The molecule has 2 heterocycles. The Kier molecular flexibility index (Phi) is 6.43. The van der Waals surface area contributed by atoms with E-state index in [1.165, 1.54) is 0 Å². The summed E-state index contributed by atoms with van der Waals surface area (Å²) >= 11 is 0. The van der Waals surface area contributed by atoms with E-state index < -0.39 is 6.23 Å². The molecule has 5 nitrogen and oxygen atoms in total. The first-order chi connectivity index (χ1) is 13.1. The summed E-state index contributed by atoms with van der Waals surface area (Å²) in [7, 11) is 0. The number of aliphatic hydroxyl groups excluding tert-OH is 1. The van der Waals surface area contributed by atoms with Gasteiger partial charge in [-0.15, -0.1) is 0 Å². The fourth-order valence-electron chi connectivity index (χ4n) is 5.39. The summed E-state index contributed by atoms with van der Waals surface area (Å²) in [6.07, 6.45) is 4.77. The van der Waals surface area contributed by atoms with Crippen molar-refractivity contribution in [1.82, 2.24) is 9.80 Å². The van der Waals surface area contributed by atoms with Crippen molar-refractivity contribution >= 4 is 11.8 Å². The standard InChI is InChI=1S/C23H40N2O3/c1-15(2)19-12-20(26)25(22(19)28)13-16-6-8-17(9-7-16)21(27)24-11-10-18(14-24)23(3,4)5/h15-19,22,28H,6-14H2,1-5H3/t16?,17?,18-,19?,22?/m1/s1. The summed E-state index contributed by atoms with van der Waals surface area (Å²) < 4.78 is 0. The molecule has 1 saturated carbocycles. The maximum absolute atomic E-state index is 13.0. The summed E-state index contributed by atoms with van der Waals surface area (Å²) in [5, 5.41) is 10.5. The van der Waals surface area contributed by atoms with Gasteiger partial charge in [0, 0.05) is 37.9 Å². The first-order valence-electron chi connectivity index (χ1n) is 11.3. The smallest absolute Gasteiger partial charge is 0.225 e. The topological polar surface area (TPSA) is 60.9 Å². The van der Waals surface area contributed by atoms with E-state index in [4.69, 9.17) is 0 Å². The normalized spacial score (nSPS) is 34.5. The fourth-order valence-corrected chi connectivity index (χ4v) is 5.39. The molecule has 5 heteroatoms. The van der Waals surface area contributed by atoms with Crippen molar-refractivity contribution in [2.24, 2.45) is 35.0 Å². The number of hydrogen-bond donors (Lipinski definition) is 1. The maximum Gasteiger partial charge on any atom is 0.225 e. The quantitative estimate of drug-likeness (QED) is 0.796. The Morgan fingerprint density at radius 2 is 1.79 bits per heavy atom. The van der Waals surface area contributed by atoms with Gasteiger partial charge >= 0.3 is 0 Å². The van der Waals surface area contributed by atoms with Gasteiger partial charge in [0.15, 0.2) is 0 Å². The predicted octanol–water partition coefficient (Wildman–Crippen LogP) is 3.51. The van der Waals surface area contributed by atoms with Crippen LogP contribution in [-0.4, -0.2) is 52.6 Å². The lowest BCUT2D eigenvalue weighted by Crippen LogP contribution is -2.41. The minimum absolute atomic E-state index is 0.0522. The number of carbonyl (C=O) groups is 2. The van der Waals surface area contributed by atoms with Gasteiger partial charge in [0.25, 0.3) is 0 Å². The van der Waals surface area contributed by atoms with E-state index in [0.29, 0.717) is 36.6 Å². The van der Waals surface area contributed by atoms with E-state index in [-0.39, 0.29) is 23.2 Å². The second-order valence-electron chi connectivity index (χ2n) is 10.9. The van der Waals surface area contributed by atoms with Crippen LogP contribution in [0.1, 0.15) is 73.1 Å². The number of rotatable bonds is 4. The summed E-state index contributed by atoms with van der Waals surface area (Å²) in [5.41, 5.74) is 0.267. The first-order valence-corrected chi connectivity index (χ1v) is 11.3. The molecule has 3 atom stereocenters. The molecule has 1 N–H and O–H groups in total. The molecule has 0 radical (unpaired) electrons. The third-order valence-electron chi connectivity index (χ3n) is 7.66. The molecule has 3 fully saturated rings. The number of hydrogen-bond acceptors (Lipinski definition) is 3. The van der Waals surface area contributed by atoms with Crippen LogP contribution in [0.5, 0.6) is 0 Å². The predicted molar refractivity (Wildman–Crippen MR) is 110 cm³/mol. The van der Waals surface area contributed by atoms with Crippen LogP contribution in [0.3, 0.4) is 0 Å². The summed E-state index contributed by atoms with van der Waals surface area (Å²) in [6.45, 7) is 13.4. The van der Waals surface area contributed by atoms with Gasteiger partial charge in [-0.3, -0.25) is 9.59 Å². The SMILES string of the molecule is CC(C)C1CC(=O)N(CC2CCC(C(=O)N3CC[C@@H](C(C)(C)C)C3)CC2)C1O. The van der Waals surface area contributed by atoms with E-state index in [9.17, 15) is 14.7 Å². The molecule has 3 aliphatic rings. The third-order valence-corrected chi connectivity index (χ3v) is 7.66. The lowest BCUT2D eigenvalue weighted by Gasteiger charge is -2.34. The molecule has 160 valence electrons. The highest BCUT2D eigenvalue weighted by Gasteiger charge is 2.42. The molecule has 0 aromatic rings. The first kappa shape index (κ1) is 21.6. The number of nitrogens with zero attached hydrogens (tertiary/aromatic N) is 2. The zero-order chi connectivity index (χ0) is 20.6. The number of likely N-dealkylation sites (tertiary alicyclic amines) is 2. The van der Waals surface area contributed by atoms with Gasteiger partial charge in [-0.05, 0) is 55.3 Å². The van der Waals surface area contributed by atoms with Gasteiger partial charge in [-0.1, -0.05) is 34.6 Å². The average Bonchev–Trinajstić information content (AvgIpc) is 3.22. The van der Waals surface area contributed by atoms with Crippen molar-refractivity contribution in [2.45, 2.75) is 79.4 Å². The van der Waals surface area contributed by atoms with Crippen molar-refractivity contribution in [2.75, 3.05) is 19.6 Å². The highest BCUT2D eigenvalue weighted by Crippen LogP contribution is 2.37. The van der Waals surface area contributed by atoms with Crippen LogP contribution in [0.25, 0.3) is 0 Å². The molecule has 0 bridgehead atoms. The Morgan fingerprint density at radius 1 is 1.14 bits per heavy atom. The number of amides is 2. The van der Waals surface area contributed by atoms with Gasteiger partial charge in [0.05, 0.1) is 0 Å². The molecule has 2 saturated heterocycles. The van der Waals surface area contributed by atoms with E-state index >= 15 is 0 Å². The lowest BCUT2D eigenvalue weighted by molar-refractivity contribution is -0.138. The molecule has 2 unspecified atom stereocenters. The molecular formula is C23H40N2O3. The molecule has 1 aliphatic carbocycles. The van der Waals surface area contributed by atoms with Crippen molar-refractivity contribution in [3.05, 3.63) is 0 Å². The Balaban J connectivity index is 1.47. The largest absolute Gasteiger partial charge is 0.373 e. The Bertz CT molecular complexity index is 575. The van der Waals surface area contributed by atoms with Crippen LogP contribution < -0.4 is 0 Å². The summed E-state index contributed by atoms with van der Waals surface area (Å²) in [6, 6.07) is 0. The summed E-state index contributed by atoms with van der Waals surface area (Å²) in [4.78, 5) is 29.1. The molecule has 0 spiro atoms. The van der Waals surface area contributed by atoms with Crippen LogP contribution in [0.15, 0.2) is 0 Å². The van der Waals surface area contributed by atoms with Gasteiger partial charge in [0.2, 0.25) is 11.8 Å². The zero-order valence-electron chi connectivity index (χ0n) is 18.5. The number of aliphatic hydroxyl groups is 1. The Labute approximate surface area is 170 Å². The fraction of sp³-hybridized carbons (Fsp3) is 0.913. The van der Waals surface area contributed by atoms with Gasteiger partial charge in [0.1, 0.15) is 6.23 Å². The third kappa shape index (κ3) is 4.55. The van der Waals surface area contributed by atoms with Crippen LogP contribution in [-0.2, 0) is 9.59 Å². The maximum atomic E-state index is 13.0. The Morgan fingerprint density at radius 3 is 2.29 bits per heavy atom. The molecule has 3 rings (SSSR count). The van der Waals surface area contributed by atoms with Gasteiger partial charge in [-0.2, -0.15) is 0 Å². The minimum atomic E-state index is -0.634. The molecule has 0 aromatic carbocycles. The second kappa shape index (κ2) is 8.33. The Hall–Kier alpha value is -1.10. The van der Waals surface area contributed by atoms with Crippen LogP contribution in [0.4, 0.5) is 0 Å². The molecule has 0 aromatic heterocycles. The molecule has 2 aliphatic heterocycles. The summed E-state index contributed by atoms with van der Waals surface area (Å²) in [5.74, 6) is 1.97. The highest BCUT2D eigenvalue weighted by atomic mass is 16.3. The minimum Gasteiger partial charge on any atom is -0.373 e. The zero-order valence-corrected chi connectivity index (χ0v) is 18.5. The monoisotopic (exact) mass is 392 g/mol. The van der Waals surface area contributed by atoms with E-state index in [1.54, 1.807) is 4.90 Å². The second-order valence-corrected chi connectivity index (χ2v) is 10.9. The molecule has 2 amide bonds. The van der Waals surface area contributed by atoms with Gasteiger partial charge < -0.3 is 14.9 Å². The van der Waals surface area contributed by atoms with E-state index in [0.717, 1.165) is 45.2 Å². The van der Waals surface area contributed by atoms with E-state index in [2.05, 4.69) is 39.5 Å². The lowest BCUT2D eigenvalue weighted by atomic mass is 9.80. The van der Waals surface area contributed by atoms with E-state index in [1.807, 2.05) is 0 Å². The highest BCUT2D eigenvalue weighted by molar-refractivity contribution is 5.79. The molecule has 28 heavy (non-hydrogen) atoms. The van der Waals surface area contributed by atoms with Crippen molar-refractivity contribution in [3.8, 4) is 0 Å².